The fraction of sp³-hybridized carbons (Fsp3) is 0.733. The van der Waals surface area contributed by atoms with Gasteiger partial charge in [-0.05, 0) is 31.4 Å². The number of rotatable bonds is 9. The van der Waals surface area contributed by atoms with E-state index in [9.17, 15) is 0 Å². The highest BCUT2D eigenvalue weighted by atomic mass is 15.0. The van der Waals surface area contributed by atoms with Gasteiger partial charge in [0.05, 0.1) is 0 Å². The zero-order valence-corrected chi connectivity index (χ0v) is 11.0. The molecule has 0 atom stereocenters. The third kappa shape index (κ3) is 4.87. The van der Waals surface area contributed by atoms with E-state index in [2.05, 4.69) is 36.7 Å². The molecule has 0 unspecified atom stereocenters. The smallest absolute Gasteiger partial charge is 0.0222 e. The summed E-state index contributed by atoms with van der Waals surface area (Å²) in [6.45, 7) is 5.75. The second-order valence-electron chi connectivity index (χ2n) is 4.71. The Morgan fingerprint density at radius 1 is 0.938 bits per heavy atom. The normalized spacial score (nSPS) is 10.9. The van der Waals surface area contributed by atoms with Crippen molar-refractivity contribution in [3.63, 3.8) is 0 Å². The molecule has 92 valence electrons. The molecule has 16 heavy (non-hydrogen) atoms. The molecule has 1 heteroatoms. The van der Waals surface area contributed by atoms with E-state index in [0.29, 0.717) is 0 Å². The minimum Gasteiger partial charge on any atom is -0.351 e. The molecule has 0 N–H and O–H groups in total. The molecule has 1 aromatic heterocycles. The molecule has 0 aromatic carbocycles. The number of aromatic nitrogens is 1. The Balaban J connectivity index is 2.22. The van der Waals surface area contributed by atoms with Gasteiger partial charge in [-0.25, -0.2) is 0 Å². The molecule has 1 nitrogen and oxygen atoms in total. The van der Waals surface area contributed by atoms with Gasteiger partial charge in [0.1, 0.15) is 0 Å². The summed E-state index contributed by atoms with van der Waals surface area (Å²) < 4.78 is 2.45. The number of hydrogen-bond donors (Lipinski definition) is 0. The fourth-order valence-corrected chi connectivity index (χ4v) is 2.14. The van der Waals surface area contributed by atoms with Crippen LogP contribution in [0.5, 0.6) is 0 Å². The summed E-state index contributed by atoms with van der Waals surface area (Å²) in [5.41, 5.74) is 1.53. The largest absolute Gasteiger partial charge is 0.351 e. The Kier molecular flexibility index (Phi) is 7.03. The molecule has 0 saturated carbocycles. The second kappa shape index (κ2) is 8.43. The van der Waals surface area contributed by atoms with Crippen LogP contribution in [0.1, 0.15) is 64.5 Å². The van der Waals surface area contributed by atoms with Crippen LogP contribution in [0.15, 0.2) is 18.3 Å². The maximum Gasteiger partial charge on any atom is 0.0222 e. The lowest BCUT2D eigenvalue weighted by Gasteiger charge is -2.08. The molecule has 0 fully saturated rings. The van der Waals surface area contributed by atoms with Crippen LogP contribution in [0.2, 0.25) is 0 Å². The average molecular weight is 221 g/mol. The van der Waals surface area contributed by atoms with Gasteiger partial charge in [0.15, 0.2) is 0 Å². The summed E-state index contributed by atoms with van der Waals surface area (Å²) in [4.78, 5) is 0. The first-order valence-electron chi connectivity index (χ1n) is 7.02. The molecule has 1 rings (SSSR count). The Bertz CT molecular complexity index is 262. The highest BCUT2D eigenvalue weighted by Crippen LogP contribution is 2.10. The minimum atomic E-state index is 1.22. The van der Waals surface area contributed by atoms with Gasteiger partial charge in [0, 0.05) is 18.4 Å². The Hall–Kier alpha value is -0.720. The monoisotopic (exact) mass is 221 g/mol. The molecule has 1 aromatic rings. The van der Waals surface area contributed by atoms with E-state index in [0.717, 1.165) is 0 Å². The van der Waals surface area contributed by atoms with Crippen molar-refractivity contribution >= 4 is 0 Å². The predicted octanol–water partition coefficient (Wildman–Crippen LogP) is 4.80. The minimum absolute atomic E-state index is 1.22. The highest BCUT2D eigenvalue weighted by Gasteiger charge is 1.99. The standard InChI is InChI=1S/C15H27N/c1-3-5-7-8-9-13-16-14-10-12-15(16)11-6-4-2/h10,12,14H,3-9,11,13H2,1-2H3. The zero-order valence-electron chi connectivity index (χ0n) is 11.0. The van der Waals surface area contributed by atoms with Crippen molar-refractivity contribution in [2.75, 3.05) is 0 Å². The van der Waals surface area contributed by atoms with E-state index in [1.807, 2.05) is 0 Å². The van der Waals surface area contributed by atoms with Crippen LogP contribution in [0.4, 0.5) is 0 Å². The van der Waals surface area contributed by atoms with Crippen molar-refractivity contribution in [2.24, 2.45) is 0 Å². The Labute approximate surface area is 101 Å². The van der Waals surface area contributed by atoms with Crippen LogP contribution in [-0.4, -0.2) is 4.57 Å². The molecule has 0 bridgehead atoms. The van der Waals surface area contributed by atoms with Crippen LogP contribution >= 0.6 is 0 Å². The van der Waals surface area contributed by atoms with Gasteiger partial charge in [-0.1, -0.05) is 46.0 Å². The number of unbranched alkanes of at least 4 members (excludes halogenated alkanes) is 5. The van der Waals surface area contributed by atoms with E-state index < -0.39 is 0 Å². The molecule has 0 radical (unpaired) electrons. The molecule has 1 heterocycles. The fourth-order valence-electron chi connectivity index (χ4n) is 2.14. The summed E-state index contributed by atoms with van der Waals surface area (Å²) >= 11 is 0. The average Bonchev–Trinajstić information content (AvgIpc) is 2.74. The van der Waals surface area contributed by atoms with E-state index in [1.54, 1.807) is 0 Å². The maximum atomic E-state index is 2.45. The van der Waals surface area contributed by atoms with Crippen molar-refractivity contribution in [2.45, 2.75) is 71.8 Å². The van der Waals surface area contributed by atoms with E-state index in [1.165, 1.54) is 63.6 Å². The third-order valence-corrected chi connectivity index (χ3v) is 3.21. The van der Waals surface area contributed by atoms with Crippen molar-refractivity contribution in [3.8, 4) is 0 Å². The predicted molar refractivity (Wildman–Crippen MR) is 71.8 cm³/mol. The highest BCUT2D eigenvalue weighted by molar-refractivity contribution is 5.07. The van der Waals surface area contributed by atoms with Crippen LogP contribution in [0.3, 0.4) is 0 Å². The zero-order chi connectivity index (χ0) is 11.6. The van der Waals surface area contributed by atoms with Crippen molar-refractivity contribution in [3.05, 3.63) is 24.0 Å². The summed E-state index contributed by atoms with van der Waals surface area (Å²) in [6, 6.07) is 4.47. The lowest BCUT2D eigenvalue weighted by Crippen LogP contribution is -2.02. The molecule has 0 aliphatic carbocycles. The lowest BCUT2D eigenvalue weighted by atomic mass is 10.1. The molecule has 0 saturated heterocycles. The number of aryl methyl sites for hydroxylation is 2. The SMILES string of the molecule is CCCCCCCn1cccc1CCCC. The summed E-state index contributed by atoms with van der Waals surface area (Å²) in [7, 11) is 0. The number of hydrogen-bond acceptors (Lipinski definition) is 0. The third-order valence-electron chi connectivity index (χ3n) is 3.21. The van der Waals surface area contributed by atoms with Crippen LogP contribution in [0.25, 0.3) is 0 Å². The van der Waals surface area contributed by atoms with Crippen molar-refractivity contribution < 1.29 is 0 Å². The molecule has 0 spiro atoms. The number of nitrogens with zero attached hydrogens (tertiary/aromatic N) is 1. The van der Waals surface area contributed by atoms with Crippen LogP contribution in [-0.2, 0) is 13.0 Å². The molecule has 0 aliphatic heterocycles. The van der Waals surface area contributed by atoms with Gasteiger partial charge >= 0.3 is 0 Å². The van der Waals surface area contributed by atoms with E-state index in [-0.39, 0.29) is 0 Å². The van der Waals surface area contributed by atoms with Gasteiger partial charge in [-0.3, -0.25) is 0 Å². The summed E-state index contributed by atoms with van der Waals surface area (Å²) in [6.07, 6.45) is 13.0. The molecule has 0 aliphatic rings. The van der Waals surface area contributed by atoms with Gasteiger partial charge in [0.25, 0.3) is 0 Å². The molecular formula is C15H27N. The maximum absolute atomic E-state index is 2.45. The summed E-state index contributed by atoms with van der Waals surface area (Å²) in [5, 5.41) is 0. The first-order chi connectivity index (χ1) is 7.88. The Morgan fingerprint density at radius 3 is 2.44 bits per heavy atom. The second-order valence-corrected chi connectivity index (χ2v) is 4.71. The van der Waals surface area contributed by atoms with Gasteiger partial charge in [-0.15, -0.1) is 0 Å². The van der Waals surface area contributed by atoms with Gasteiger partial charge in [0.2, 0.25) is 0 Å². The Morgan fingerprint density at radius 2 is 1.69 bits per heavy atom. The molecule has 0 amide bonds. The van der Waals surface area contributed by atoms with Crippen molar-refractivity contribution in [1.29, 1.82) is 0 Å². The summed E-state index contributed by atoms with van der Waals surface area (Å²) in [5.74, 6) is 0. The van der Waals surface area contributed by atoms with Gasteiger partial charge in [-0.2, -0.15) is 0 Å². The molecular weight excluding hydrogens is 194 g/mol. The van der Waals surface area contributed by atoms with E-state index >= 15 is 0 Å². The lowest BCUT2D eigenvalue weighted by molar-refractivity contribution is 0.554. The van der Waals surface area contributed by atoms with Crippen LogP contribution < -0.4 is 0 Å². The topological polar surface area (TPSA) is 4.93 Å². The first kappa shape index (κ1) is 13.3. The van der Waals surface area contributed by atoms with E-state index in [4.69, 9.17) is 0 Å². The first-order valence-corrected chi connectivity index (χ1v) is 7.02. The quantitative estimate of drug-likeness (QED) is 0.528. The van der Waals surface area contributed by atoms with Crippen molar-refractivity contribution in [1.82, 2.24) is 4.57 Å². The van der Waals surface area contributed by atoms with Gasteiger partial charge < -0.3 is 4.57 Å². The van der Waals surface area contributed by atoms with Crippen LogP contribution in [0, 0.1) is 0 Å².